The van der Waals surface area contributed by atoms with Gasteiger partial charge in [0.05, 0.1) is 13.3 Å². The monoisotopic (exact) mass is 431 g/mol. The predicted molar refractivity (Wildman–Crippen MR) is 124 cm³/mol. The predicted octanol–water partition coefficient (Wildman–Crippen LogP) is 4.70. The lowest BCUT2D eigenvalue weighted by atomic mass is 9.85. The van der Waals surface area contributed by atoms with E-state index in [1.807, 2.05) is 24.3 Å². The summed E-state index contributed by atoms with van der Waals surface area (Å²) in [5, 5.41) is 3.14. The van der Waals surface area contributed by atoms with Gasteiger partial charge in [0.15, 0.2) is 0 Å². The number of rotatable bonds is 7. The molecule has 0 radical (unpaired) electrons. The Morgan fingerprint density at radius 1 is 1.06 bits per heavy atom. The third kappa shape index (κ3) is 5.26. The molecule has 2 heterocycles. The van der Waals surface area contributed by atoms with Crippen LogP contribution in [0.25, 0.3) is 0 Å². The first-order valence-corrected chi connectivity index (χ1v) is 10.9. The van der Waals surface area contributed by atoms with Crippen LogP contribution in [0.3, 0.4) is 0 Å². The summed E-state index contributed by atoms with van der Waals surface area (Å²) in [5.41, 5.74) is 1.87. The van der Waals surface area contributed by atoms with E-state index in [9.17, 15) is 4.79 Å². The van der Waals surface area contributed by atoms with Gasteiger partial charge < -0.3 is 14.8 Å². The summed E-state index contributed by atoms with van der Waals surface area (Å²) in [7, 11) is 3.83. The summed E-state index contributed by atoms with van der Waals surface area (Å²) < 4.78 is 11.0. The van der Waals surface area contributed by atoms with Crippen LogP contribution in [-0.2, 0) is 0 Å². The summed E-state index contributed by atoms with van der Waals surface area (Å²) in [6.45, 7) is 1.69. The highest BCUT2D eigenvalue weighted by molar-refractivity contribution is 5.94. The molecule has 1 aromatic heterocycles. The standard InChI is InChI=1S/C26H29N3O3/c1-29-16-4-5-21(25(29)19-7-11-22(31-2)12-8-19)17-28-26(30)20-9-13-23(14-10-20)32-24-6-3-15-27-18-24/h3,6-15,18,21,25H,4-5,16-17H2,1-2H3,(H,28,30). The molecule has 32 heavy (non-hydrogen) atoms. The molecule has 0 saturated carbocycles. The highest BCUT2D eigenvalue weighted by Crippen LogP contribution is 2.35. The van der Waals surface area contributed by atoms with Crippen LogP contribution in [0.4, 0.5) is 0 Å². The Hall–Kier alpha value is -3.38. The Balaban J connectivity index is 1.38. The van der Waals surface area contributed by atoms with Gasteiger partial charge in [-0.15, -0.1) is 0 Å². The maximum atomic E-state index is 12.8. The number of amides is 1. The smallest absolute Gasteiger partial charge is 0.251 e. The molecule has 2 atom stereocenters. The second-order valence-corrected chi connectivity index (χ2v) is 8.13. The summed E-state index contributed by atoms with van der Waals surface area (Å²) >= 11 is 0. The van der Waals surface area contributed by atoms with Gasteiger partial charge >= 0.3 is 0 Å². The molecule has 0 aliphatic carbocycles. The lowest BCUT2D eigenvalue weighted by molar-refractivity contribution is 0.0891. The molecule has 1 aliphatic heterocycles. The van der Waals surface area contributed by atoms with E-state index in [4.69, 9.17) is 9.47 Å². The number of ether oxygens (including phenoxy) is 2. The van der Waals surface area contributed by atoms with Crippen molar-refractivity contribution in [3.63, 3.8) is 0 Å². The zero-order valence-electron chi connectivity index (χ0n) is 18.5. The first-order valence-electron chi connectivity index (χ1n) is 10.9. The van der Waals surface area contributed by atoms with E-state index >= 15 is 0 Å². The van der Waals surface area contributed by atoms with E-state index in [-0.39, 0.29) is 11.9 Å². The number of methoxy groups -OCH3 is 1. The van der Waals surface area contributed by atoms with E-state index < -0.39 is 0 Å². The third-order valence-corrected chi connectivity index (χ3v) is 5.98. The molecule has 6 heteroatoms. The number of hydrogen-bond acceptors (Lipinski definition) is 5. The molecular formula is C26H29N3O3. The number of carbonyl (C=O) groups is 1. The number of aromatic nitrogens is 1. The van der Waals surface area contributed by atoms with Crippen molar-refractivity contribution >= 4 is 5.91 Å². The number of pyridine rings is 1. The highest BCUT2D eigenvalue weighted by Gasteiger charge is 2.30. The van der Waals surface area contributed by atoms with E-state index in [1.165, 1.54) is 5.56 Å². The van der Waals surface area contributed by atoms with Crippen molar-refractivity contribution in [3.05, 3.63) is 84.2 Å². The lowest BCUT2D eigenvalue weighted by Crippen LogP contribution is -2.41. The lowest BCUT2D eigenvalue weighted by Gasteiger charge is -2.39. The zero-order valence-corrected chi connectivity index (χ0v) is 18.5. The van der Waals surface area contributed by atoms with Crippen LogP contribution >= 0.6 is 0 Å². The van der Waals surface area contributed by atoms with Gasteiger partial charge in [-0.3, -0.25) is 14.7 Å². The molecule has 1 saturated heterocycles. The maximum Gasteiger partial charge on any atom is 0.251 e. The minimum absolute atomic E-state index is 0.0698. The molecule has 1 N–H and O–H groups in total. The first-order chi connectivity index (χ1) is 15.6. The number of hydrogen-bond donors (Lipinski definition) is 1. The second-order valence-electron chi connectivity index (χ2n) is 8.13. The Labute approximate surface area is 189 Å². The fourth-order valence-corrected chi connectivity index (χ4v) is 4.34. The van der Waals surface area contributed by atoms with Crippen LogP contribution in [0.5, 0.6) is 17.2 Å². The van der Waals surface area contributed by atoms with Crippen molar-refractivity contribution in [2.45, 2.75) is 18.9 Å². The molecule has 0 spiro atoms. The summed E-state index contributed by atoms with van der Waals surface area (Å²) in [4.78, 5) is 19.2. The van der Waals surface area contributed by atoms with E-state index in [2.05, 4.69) is 34.4 Å². The molecule has 0 bridgehead atoms. The van der Waals surface area contributed by atoms with Crippen LogP contribution in [0.1, 0.15) is 34.8 Å². The molecule has 1 amide bonds. The molecule has 2 unspecified atom stereocenters. The van der Waals surface area contributed by atoms with Crippen molar-refractivity contribution in [2.75, 3.05) is 27.2 Å². The van der Waals surface area contributed by atoms with E-state index in [1.54, 1.807) is 43.8 Å². The zero-order chi connectivity index (χ0) is 22.3. The van der Waals surface area contributed by atoms with Crippen LogP contribution in [-0.4, -0.2) is 43.0 Å². The van der Waals surface area contributed by atoms with Crippen LogP contribution in [0, 0.1) is 5.92 Å². The van der Waals surface area contributed by atoms with Gasteiger partial charge in [0.2, 0.25) is 0 Å². The van der Waals surface area contributed by atoms with Gasteiger partial charge in [-0.25, -0.2) is 0 Å². The van der Waals surface area contributed by atoms with Crippen molar-refractivity contribution in [1.82, 2.24) is 15.2 Å². The number of nitrogens with zero attached hydrogens (tertiary/aromatic N) is 2. The molecular weight excluding hydrogens is 402 g/mol. The first kappa shape index (κ1) is 21.8. The second kappa shape index (κ2) is 10.3. The van der Waals surface area contributed by atoms with E-state index in [0.29, 0.717) is 29.5 Å². The number of piperidine rings is 1. The normalized spacial score (nSPS) is 18.7. The molecule has 4 rings (SSSR count). The topological polar surface area (TPSA) is 63.7 Å². The SMILES string of the molecule is COc1ccc(C2C(CNC(=O)c3ccc(Oc4cccnc4)cc3)CCCN2C)cc1. The average molecular weight is 432 g/mol. The minimum atomic E-state index is -0.0698. The average Bonchev–Trinajstić information content (AvgIpc) is 2.84. The number of carbonyl (C=O) groups excluding carboxylic acids is 1. The van der Waals surface area contributed by atoms with Crippen molar-refractivity contribution in [3.8, 4) is 17.2 Å². The van der Waals surface area contributed by atoms with Crippen molar-refractivity contribution < 1.29 is 14.3 Å². The molecule has 3 aromatic rings. The van der Waals surface area contributed by atoms with Crippen LogP contribution in [0.2, 0.25) is 0 Å². The number of nitrogens with one attached hydrogen (secondary N) is 1. The van der Waals surface area contributed by atoms with Gasteiger partial charge in [-0.05, 0) is 86.4 Å². The Bertz CT molecular complexity index is 1010. The van der Waals surface area contributed by atoms with Crippen LogP contribution < -0.4 is 14.8 Å². The van der Waals surface area contributed by atoms with Gasteiger partial charge in [0.1, 0.15) is 17.2 Å². The van der Waals surface area contributed by atoms with Crippen molar-refractivity contribution in [1.29, 1.82) is 0 Å². The summed E-state index contributed by atoms with van der Waals surface area (Å²) in [6, 6.07) is 19.4. The largest absolute Gasteiger partial charge is 0.497 e. The minimum Gasteiger partial charge on any atom is -0.497 e. The fraction of sp³-hybridized carbons (Fsp3) is 0.308. The molecule has 2 aromatic carbocycles. The Morgan fingerprint density at radius 3 is 2.50 bits per heavy atom. The summed E-state index contributed by atoms with van der Waals surface area (Å²) in [6.07, 6.45) is 5.56. The third-order valence-electron chi connectivity index (χ3n) is 5.98. The number of likely N-dealkylation sites (tertiary alicyclic amines) is 1. The fourth-order valence-electron chi connectivity index (χ4n) is 4.34. The van der Waals surface area contributed by atoms with Crippen LogP contribution in [0.15, 0.2) is 73.1 Å². The molecule has 166 valence electrons. The van der Waals surface area contributed by atoms with Crippen molar-refractivity contribution in [2.24, 2.45) is 5.92 Å². The molecule has 1 fully saturated rings. The van der Waals surface area contributed by atoms with Gasteiger partial charge in [0.25, 0.3) is 5.91 Å². The highest BCUT2D eigenvalue weighted by atomic mass is 16.5. The van der Waals surface area contributed by atoms with Gasteiger partial charge in [-0.1, -0.05) is 12.1 Å². The quantitative estimate of drug-likeness (QED) is 0.588. The van der Waals surface area contributed by atoms with Gasteiger partial charge in [0, 0.05) is 24.3 Å². The molecule has 1 aliphatic rings. The summed E-state index contributed by atoms with van der Waals surface area (Å²) in [5.74, 6) is 2.46. The Kier molecular flexibility index (Phi) is 7.02. The van der Waals surface area contributed by atoms with E-state index in [0.717, 1.165) is 25.1 Å². The maximum absolute atomic E-state index is 12.8. The Morgan fingerprint density at radius 2 is 1.81 bits per heavy atom. The molecule has 6 nitrogen and oxygen atoms in total. The number of benzene rings is 2. The van der Waals surface area contributed by atoms with Gasteiger partial charge in [-0.2, -0.15) is 0 Å².